The van der Waals surface area contributed by atoms with Crippen LogP contribution in [0.2, 0.25) is 0 Å². The van der Waals surface area contributed by atoms with E-state index in [-0.39, 0.29) is 5.56 Å². The molecule has 0 aliphatic rings. The number of rotatable bonds is 5. The maximum absolute atomic E-state index is 13.1. The van der Waals surface area contributed by atoms with Crippen molar-refractivity contribution in [3.63, 3.8) is 0 Å². The van der Waals surface area contributed by atoms with Gasteiger partial charge in [-0.2, -0.15) is 0 Å². The molecule has 6 nitrogen and oxygen atoms in total. The Hall–Kier alpha value is -2.80. The number of unbranched alkanes of at least 4 members (excludes halogenated alkanes) is 1. The third-order valence-electron chi connectivity index (χ3n) is 3.98. The molecule has 25 heavy (non-hydrogen) atoms. The molecule has 3 heterocycles. The number of para-hydroxylation sites is 1. The molecule has 4 aromatic rings. The van der Waals surface area contributed by atoms with E-state index in [1.807, 2.05) is 30.3 Å². The fourth-order valence-electron chi connectivity index (χ4n) is 2.72. The second-order valence-corrected chi connectivity index (χ2v) is 6.73. The maximum atomic E-state index is 13.1. The Labute approximate surface area is 148 Å². The molecule has 0 aliphatic heterocycles. The van der Waals surface area contributed by atoms with Crippen molar-refractivity contribution in [1.29, 1.82) is 0 Å². The molecule has 3 aromatic heterocycles. The topological polar surface area (TPSA) is 72.7 Å². The Kier molecular flexibility index (Phi) is 4.15. The van der Waals surface area contributed by atoms with Gasteiger partial charge in [-0.3, -0.25) is 9.36 Å². The normalized spacial score (nSPS) is 11.2. The van der Waals surface area contributed by atoms with Crippen LogP contribution < -0.4 is 10.9 Å². The van der Waals surface area contributed by atoms with Crippen LogP contribution in [0.4, 0.5) is 11.6 Å². The van der Waals surface area contributed by atoms with Gasteiger partial charge >= 0.3 is 0 Å². The Balaban J connectivity index is 1.94. The molecule has 1 aromatic carbocycles. The second-order valence-electron chi connectivity index (χ2n) is 5.73. The third kappa shape index (κ3) is 2.87. The van der Waals surface area contributed by atoms with E-state index in [1.165, 1.54) is 11.3 Å². The number of thiophene rings is 1. The molecule has 7 heteroatoms. The van der Waals surface area contributed by atoms with Gasteiger partial charge in [0, 0.05) is 24.6 Å². The molecule has 0 unspecified atom stereocenters. The van der Waals surface area contributed by atoms with Crippen molar-refractivity contribution in [3.8, 4) is 0 Å². The lowest BCUT2D eigenvalue weighted by Crippen LogP contribution is -2.23. The zero-order valence-electron chi connectivity index (χ0n) is 13.8. The van der Waals surface area contributed by atoms with Crippen molar-refractivity contribution >= 4 is 43.5 Å². The van der Waals surface area contributed by atoms with Crippen LogP contribution in [0.1, 0.15) is 19.8 Å². The summed E-state index contributed by atoms with van der Waals surface area (Å²) in [5.74, 6) is 0.544. The lowest BCUT2D eigenvalue weighted by molar-refractivity contribution is 0.617. The molecule has 1 N–H and O–H groups in total. The molecule has 0 spiro atoms. The molecule has 0 saturated carbocycles. The Morgan fingerprint density at radius 3 is 2.72 bits per heavy atom. The van der Waals surface area contributed by atoms with Gasteiger partial charge in [-0.05, 0) is 18.6 Å². The first-order chi connectivity index (χ1) is 12.3. The molecule has 0 fully saturated rings. The molecule has 0 atom stereocenters. The van der Waals surface area contributed by atoms with Crippen molar-refractivity contribution in [2.75, 3.05) is 5.32 Å². The molecule has 0 amide bonds. The summed E-state index contributed by atoms with van der Waals surface area (Å²) in [6.07, 6.45) is 5.18. The predicted octanol–water partition coefficient (Wildman–Crippen LogP) is 3.94. The van der Waals surface area contributed by atoms with Crippen LogP contribution in [0, 0.1) is 0 Å². The number of fused-ring (bicyclic) bond motifs is 3. The van der Waals surface area contributed by atoms with Gasteiger partial charge in [0.2, 0.25) is 5.95 Å². The first-order valence-corrected chi connectivity index (χ1v) is 9.05. The lowest BCUT2D eigenvalue weighted by Gasteiger charge is -2.13. The first kappa shape index (κ1) is 15.7. The van der Waals surface area contributed by atoms with E-state index in [0.29, 0.717) is 28.2 Å². The van der Waals surface area contributed by atoms with Gasteiger partial charge in [-0.25, -0.2) is 15.0 Å². The summed E-state index contributed by atoms with van der Waals surface area (Å²) in [4.78, 5) is 27.2. The molecule has 0 aliphatic carbocycles. The number of benzene rings is 1. The Morgan fingerprint density at radius 2 is 1.92 bits per heavy atom. The van der Waals surface area contributed by atoms with Crippen LogP contribution in [-0.2, 0) is 6.54 Å². The number of anilines is 2. The molecule has 0 radical (unpaired) electrons. The van der Waals surface area contributed by atoms with Crippen molar-refractivity contribution < 1.29 is 0 Å². The summed E-state index contributed by atoms with van der Waals surface area (Å²) in [5, 5.41) is 3.28. The minimum atomic E-state index is -0.0401. The number of nitrogens with zero attached hydrogens (tertiary/aromatic N) is 4. The monoisotopic (exact) mass is 351 g/mol. The van der Waals surface area contributed by atoms with E-state index < -0.39 is 0 Å². The average molecular weight is 351 g/mol. The summed E-state index contributed by atoms with van der Waals surface area (Å²) in [6.45, 7) is 2.73. The summed E-state index contributed by atoms with van der Waals surface area (Å²) in [6, 6.07) is 9.74. The highest BCUT2D eigenvalue weighted by Crippen LogP contribution is 2.28. The standard InChI is InChI=1S/C18H17N5OS/c1-2-3-11-23-17(24)15-13(14-16(25-15)20-10-9-19-14)22-18(23)21-12-7-5-4-6-8-12/h4-10H,2-3,11H2,1H3,(H,21,22). The zero-order valence-corrected chi connectivity index (χ0v) is 14.6. The van der Waals surface area contributed by atoms with E-state index in [1.54, 1.807) is 17.0 Å². The molecule has 0 bridgehead atoms. The number of aromatic nitrogens is 4. The van der Waals surface area contributed by atoms with Crippen molar-refractivity contribution in [2.24, 2.45) is 0 Å². The van der Waals surface area contributed by atoms with Gasteiger partial charge in [0.25, 0.3) is 5.56 Å². The molecular formula is C18H17N5OS. The highest BCUT2D eigenvalue weighted by molar-refractivity contribution is 7.25. The summed E-state index contributed by atoms with van der Waals surface area (Å²) < 4.78 is 2.32. The van der Waals surface area contributed by atoms with Gasteiger partial charge in [0.1, 0.15) is 20.6 Å². The molecule has 126 valence electrons. The van der Waals surface area contributed by atoms with Crippen LogP contribution in [0.3, 0.4) is 0 Å². The van der Waals surface area contributed by atoms with Crippen LogP contribution >= 0.6 is 11.3 Å². The molecular weight excluding hydrogens is 334 g/mol. The Morgan fingerprint density at radius 1 is 1.12 bits per heavy atom. The average Bonchev–Trinajstić information content (AvgIpc) is 3.01. The number of nitrogens with one attached hydrogen (secondary N) is 1. The van der Waals surface area contributed by atoms with Gasteiger partial charge in [-0.15, -0.1) is 11.3 Å². The van der Waals surface area contributed by atoms with Crippen LogP contribution in [-0.4, -0.2) is 19.5 Å². The number of hydrogen-bond acceptors (Lipinski definition) is 6. The third-order valence-corrected chi connectivity index (χ3v) is 5.04. The van der Waals surface area contributed by atoms with E-state index in [4.69, 9.17) is 4.98 Å². The van der Waals surface area contributed by atoms with Crippen molar-refractivity contribution in [3.05, 3.63) is 53.1 Å². The zero-order chi connectivity index (χ0) is 17.2. The Bertz CT molecular complexity index is 1090. The lowest BCUT2D eigenvalue weighted by atomic mass is 10.3. The van der Waals surface area contributed by atoms with Crippen molar-refractivity contribution in [1.82, 2.24) is 19.5 Å². The van der Waals surface area contributed by atoms with Crippen molar-refractivity contribution in [2.45, 2.75) is 26.3 Å². The van der Waals surface area contributed by atoms with Crippen LogP contribution in [0.25, 0.3) is 20.6 Å². The summed E-state index contributed by atoms with van der Waals surface area (Å²) >= 11 is 1.35. The first-order valence-electron chi connectivity index (χ1n) is 8.24. The summed E-state index contributed by atoms with van der Waals surface area (Å²) in [7, 11) is 0. The van der Waals surface area contributed by atoms with E-state index in [2.05, 4.69) is 22.2 Å². The highest BCUT2D eigenvalue weighted by Gasteiger charge is 2.17. The quantitative estimate of drug-likeness (QED) is 0.589. The molecule has 4 rings (SSSR count). The van der Waals surface area contributed by atoms with Gasteiger partial charge in [0.15, 0.2) is 0 Å². The van der Waals surface area contributed by atoms with Crippen LogP contribution in [0.15, 0.2) is 47.5 Å². The van der Waals surface area contributed by atoms with Gasteiger partial charge < -0.3 is 5.32 Å². The summed E-state index contributed by atoms with van der Waals surface area (Å²) in [5.41, 5.74) is 2.15. The largest absolute Gasteiger partial charge is 0.326 e. The van der Waals surface area contributed by atoms with E-state index >= 15 is 0 Å². The molecule has 0 saturated heterocycles. The highest BCUT2D eigenvalue weighted by atomic mass is 32.1. The van der Waals surface area contributed by atoms with Gasteiger partial charge in [-0.1, -0.05) is 31.5 Å². The van der Waals surface area contributed by atoms with E-state index in [0.717, 1.165) is 23.4 Å². The minimum absolute atomic E-state index is 0.0401. The fourth-order valence-corrected chi connectivity index (χ4v) is 3.71. The second kappa shape index (κ2) is 6.60. The SMILES string of the molecule is CCCCn1c(Nc2ccccc2)nc2c(sc3nccnc32)c1=O. The van der Waals surface area contributed by atoms with Crippen LogP contribution in [0.5, 0.6) is 0 Å². The minimum Gasteiger partial charge on any atom is -0.326 e. The van der Waals surface area contributed by atoms with E-state index in [9.17, 15) is 4.79 Å². The predicted molar refractivity (Wildman–Crippen MR) is 102 cm³/mol. The fraction of sp³-hybridized carbons (Fsp3) is 0.222. The smallest absolute Gasteiger partial charge is 0.273 e. The number of hydrogen-bond donors (Lipinski definition) is 1. The maximum Gasteiger partial charge on any atom is 0.273 e. The van der Waals surface area contributed by atoms with Gasteiger partial charge in [0.05, 0.1) is 0 Å².